The summed E-state index contributed by atoms with van der Waals surface area (Å²) in [4.78, 5) is 7.66. The van der Waals surface area contributed by atoms with E-state index in [1.807, 2.05) is 6.20 Å². The molecule has 2 aromatic rings. The Kier molecular flexibility index (Phi) is 1.50. The maximum Gasteiger partial charge on any atom is 0.137 e. The Balaban J connectivity index is 2.20. The molecule has 3 rings (SSSR count). The van der Waals surface area contributed by atoms with Crippen LogP contribution < -0.4 is 0 Å². The summed E-state index contributed by atoms with van der Waals surface area (Å²) in [5, 5.41) is 1.20. The van der Waals surface area contributed by atoms with Gasteiger partial charge in [0.2, 0.25) is 0 Å². The molecule has 0 unspecified atom stereocenters. The molecule has 2 heterocycles. The molecule has 1 aliphatic rings. The van der Waals surface area contributed by atoms with Gasteiger partial charge in [0.1, 0.15) is 5.65 Å². The molecule has 1 saturated carbocycles. The fourth-order valence-electron chi connectivity index (χ4n) is 1.62. The number of H-pyrrole nitrogens is 1. The highest BCUT2D eigenvalue weighted by molar-refractivity contribution is 9.10. The lowest BCUT2D eigenvalue weighted by atomic mass is 10.2. The van der Waals surface area contributed by atoms with E-state index in [0.717, 1.165) is 16.0 Å². The second-order valence-electron chi connectivity index (χ2n) is 3.59. The highest BCUT2D eigenvalue weighted by Gasteiger charge is 2.25. The van der Waals surface area contributed by atoms with E-state index in [2.05, 4.69) is 38.0 Å². The van der Waals surface area contributed by atoms with Crippen molar-refractivity contribution < 1.29 is 0 Å². The molecule has 1 aliphatic carbocycles. The molecule has 0 amide bonds. The molecule has 0 atom stereocenters. The van der Waals surface area contributed by atoms with Crippen LogP contribution in [0.1, 0.15) is 24.5 Å². The molecule has 0 bridgehead atoms. The van der Waals surface area contributed by atoms with Crippen molar-refractivity contribution in [3.63, 3.8) is 0 Å². The van der Waals surface area contributed by atoms with Gasteiger partial charge in [-0.2, -0.15) is 0 Å². The molecule has 2 aromatic heterocycles. The van der Waals surface area contributed by atoms with Crippen molar-refractivity contribution in [1.82, 2.24) is 9.97 Å². The minimum absolute atomic E-state index is 0.771. The molecule has 0 radical (unpaired) electrons. The van der Waals surface area contributed by atoms with Gasteiger partial charge in [-0.3, -0.25) is 0 Å². The largest absolute Gasteiger partial charge is 0.343 e. The number of aromatic amines is 1. The van der Waals surface area contributed by atoms with Crippen molar-refractivity contribution in [2.75, 3.05) is 0 Å². The minimum Gasteiger partial charge on any atom is -0.343 e. The second kappa shape index (κ2) is 2.58. The monoisotopic (exact) mass is 236 g/mol. The molecular weight excluding hydrogens is 228 g/mol. The van der Waals surface area contributed by atoms with Gasteiger partial charge in [-0.05, 0) is 46.8 Å². The first-order chi connectivity index (χ1) is 6.33. The Labute approximate surface area is 84.5 Å². The smallest absolute Gasteiger partial charge is 0.137 e. The van der Waals surface area contributed by atoms with Crippen molar-refractivity contribution in [2.24, 2.45) is 0 Å². The summed E-state index contributed by atoms with van der Waals surface area (Å²) in [6, 6.07) is 4.31. The summed E-state index contributed by atoms with van der Waals surface area (Å²) in [7, 11) is 0. The summed E-state index contributed by atoms with van der Waals surface area (Å²) in [6.07, 6.45) is 4.48. The SMILES string of the molecule is Brc1cnc2[nH]c(C3CC3)cc2c1. The summed E-state index contributed by atoms with van der Waals surface area (Å²) in [5.41, 5.74) is 2.35. The Morgan fingerprint density at radius 3 is 3.00 bits per heavy atom. The van der Waals surface area contributed by atoms with Gasteiger partial charge in [0.25, 0.3) is 0 Å². The number of hydrogen-bond donors (Lipinski definition) is 1. The molecule has 0 saturated heterocycles. The van der Waals surface area contributed by atoms with E-state index in [4.69, 9.17) is 0 Å². The van der Waals surface area contributed by atoms with Gasteiger partial charge in [0.05, 0.1) is 0 Å². The molecule has 13 heavy (non-hydrogen) atoms. The zero-order valence-electron chi connectivity index (χ0n) is 7.05. The number of hydrogen-bond acceptors (Lipinski definition) is 1. The van der Waals surface area contributed by atoms with Gasteiger partial charge in [-0.15, -0.1) is 0 Å². The van der Waals surface area contributed by atoms with Crippen LogP contribution in [0.2, 0.25) is 0 Å². The third-order valence-electron chi connectivity index (χ3n) is 2.47. The van der Waals surface area contributed by atoms with E-state index in [1.54, 1.807) is 0 Å². The van der Waals surface area contributed by atoms with Crippen molar-refractivity contribution >= 4 is 27.0 Å². The first-order valence-electron chi connectivity index (χ1n) is 4.47. The highest BCUT2D eigenvalue weighted by atomic mass is 79.9. The van der Waals surface area contributed by atoms with Gasteiger partial charge in [-0.1, -0.05) is 0 Å². The molecular formula is C10H9BrN2. The van der Waals surface area contributed by atoms with Crippen LogP contribution in [-0.2, 0) is 0 Å². The second-order valence-corrected chi connectivity index (χ2v) is 4.51. The van der Waals surface area contributed by atoms with Crippen LogP contribution in [0.3, 0.4) is 0 Å². The van der Waals surface area contributed by atoms with E-state index < -0.39 is 0 Å². The van der Waals surface area contributed by atoms with Gasteiger partial charge in [0.15, 0.2) is 0 Å². The lowest BCUT2D eigenvalue weighted by molar-refractivity contribution is 1.05. The average Bonchev–Trinajstić information content (AvgIpc) is 2.87. The summed E-state index contributed by atoms with van der Waals surface area (Å²) in [5.74, 6) is 0.771. The molecule has 0 aliphatic heterocycles. The van der Waals surface area contributed by atoms with E-state index in [0.29, 0.717) is 0 Å². The van der Waals surface area contributed by atoms with Gasteiger partial charge in [0, 0.05) is 21.7 Å². The molecule has 1 N–H and O–H groups in total. The fourth-order valence-corrected chi connectivity index (χ4v) is 1.97. The number of halogens is 1. The summed E-state index contributed by atoms with van der Waals surface area (Å²) < 4.78 is 1.04. The van der Waals surface area contributed by atoms with E-state index in [1.165, 1.54) is 23.9 Å². The van der Waals surface area contributed by atoms with Crippen LogP contribution in [0, 0.1) is 0 Å². The van der Waals surface area contributed by atoms with Gasteiger partial charge >= 0.3 is 0 Å². The lowest BCUT2D eigenvalue weighted by Gasteiger charge is -1.88. The Morgan fingerprint density at radius 2 is 2.23 bits per heavy atom. The van der Waals surface area contributed by atoms with Crippen LogP contribution in [0.5, 0.6) is 0 Å². The zero-order valence-corrected chi connectivity index (χ0v) is 8.63. The Morgan fingerprint density at radius 1 is 1.38 bits per heavy atom. The van der Waals surface area contributed by atoms with Crippen molar-refractivity contribution in [3.05, 3.63) is 28.5 Å². The number of rotatable bonds is 1. The summed E-state index contributed by atoms with van der Waals surface area (Å²) >= 11 is 3.42. The zero-order chi connectivity index (χ0) is 8.84. The molecule has 1 fully saturated rings. The van der Waals surface area contributed by atoms with Crippen LogP contribution in [0.25, 0.3) is 11.0 Å². The Hall–Kier alpha value is -0.830. The summed E-state index contributed by atoms with van der Waals surface area (Å²) in [6.45, 7) is 0. The first kappa shape index (κ1) is 7.56. The van der Waals surface area contributed by atoms with Crippen LogP contribution in [0.4, 0.5) is 0 Å². The number of aromatic nitrogens is 2. The van der Waals surface area contributed by atoms with Crippen LogP contribution in [-0.4, -0.2) is 9.97 Å². The predicted molar refractivity (Wildman–Crippen MR) is 55.8 cm³/mol. The van der Waals surface area contributed by atoms with Crippen LogP contribution in [0.15, 0.2) is 22.8 Å². The molecule has 0 spiro atoms. The predicted octanol–water partition coefficient (Wildman–Crippen LogP) is 3.20. The standard InChI is InChI=1S/C10H9BrN2/c11-8-3-7-4-9(6-1-2-6)13-10(7)12-5-8/h3-6H,1-2H2,(H,12,13). The number of fused-ring (bicyclic) bond motifs is 1. The van der Waals surface area contributed by atoms with E-state index in [-0.39, 0.29) is 0 Å². The fraction of sp³-hybridized carbons (Fsp3) is 0.300. The number of nitrogens with one attached hydrogen (secondary N) is 1. The lowest BCUT2D eigenvalue weighted by Crippen LogP contribution is -1.77. The van der Waals surface area contributed by atoms with Gasteiger partial charge in [-0.25, -0.2) is 4.98 Å². The topological polar surface area (TPSA) is 28.7 Å². The van der Waals surface area contributed by atoms with Crippen molar-refractivity contribution in [3.8, 4) is 0 Å². The van der Waals surface area contributed by atoms with Crippen molar-refractivity contribution in [2.45, 2.75) is 18.8 Å². The Bertz CT molecular complexity index is 457. The number of nitrogens with zero attached hydrogens (tertiary/aromatic N) is 1. The maximum atomic E-state index is 4.31. The molecule has 3 heteroatoms. The molecule has 66 valence electrons. The highest BCUT2D eigenvalue weighted by Crippen LogP contribution is 2.40. The van der Waals surface area contributed by atoms with E-state index >= 15 is 0 Å². The average molecular weight is 237 g/mol. The third-order valence-corrected chi connectivity index (χ3v) is 2.91. The number of pyridine rings is 1. The molecule has 2 nitrogen and oxygen atoms in total. The minimum atomic E-state index is 0.771. The van der Waals surface area contributed by atoms with E-state index in [9.17, 15) is 0 Å². The molecule has 0 aromatic carbocycles. The normalized spacial score (nSPS) is 16.7. The third kappa shape index (κ3) is 1.27. The van der Waals surface area contributed by atoms with Crippen molar-refractivity contribution in [1.29, 1.82) is 0 Å². The maximum absolute atomic E-state index is 4.31. The van der Waals surface area contributed by atoms with Gasteiger partial charge < -0.3 is 4.98 Å². The first-order valence-corrected chi connectivity index (χ1v) is 5.26. The quantitative estimate of drug-likeness (QED) is 0.810. The van der Waals surface area contributed by atoms with Crippen LogP contribution >= 0.6 is 15.9 Å².